The minimum Gasteiger partial charge on any atom is -0.391 e. The zero-order chi connectivity index (χ0) is 64.1. The average Bonchev–Trinajstić information content (AvgIpc) is 3.70. The van der Waals surface area contributed by atoms with Crippen LogP contribution < -0.4 is 5.32 Å². The molecule has 0 heterocycles. The lowest BCUT2D eigenvalue weighted by molar-refractivity contribution is -0.870. The van der Waals surface area contributed by atoms with Crippen LogP contribution in [0.1, 0.15) is 450 Å². The lowest BCUT2D eigenvalue weighted by atomic mass is 10.0. The third kappa shape index (κ3) is 72.9. The number of hydrogen-bond donors (Lipinski definition) is 3. The Labute approximate surface area is 552 Å². The van der Waals surface area contributed by atoms with Crippen molar-refractivity contribution in [3.05, 3.63) is 0 Å². The van der Waals surface area contributed by atoms with E-state index in [1.165, 1.54) is 385 Å². The zero-order valence-corrected chi connectivity index (χ0v) is 61.7. The number of hydrogen-bond acceptors (Lipinski definition) is 5. The van der Waals surface area contributed by atoms with Gasteiger partial charge < -0.3 is 19.8 Å². The van der Waals surface area contributed by atoms with Crippen molar-refractivity contribution in [3.63, 3.8) is 0 Å². The highest BCUT2D eigenvalue weighted by Gasteiger charge is 2.28. The first-order chi connectivity index (χ1) is 43.0. The van der Waals surface area contributed by atoms with E-state index in [2.05, 4.69) is 19.2 Å². The molecule has 0 aliphatic carbocycles. The Kier molecular flexibility index (Phi) is 70.4. The number of carbonyl (C=O) groups excluding carboxylic acids is 1. The van der Waals surface area contributed by atoms with E-state index in [0.717, 1.165) is 38.5 Å². The molecule has 0 saturated carbocycles. The van der Waals surface area contributed by atoms with Gasteiger partial charge in [-0.2, -0.15) is 0 Å². The molecular formula is C79H162N2O6P+. The zero-order valence-electron chi connectivity index (χ0n) is 60.8. The third-order valence-electron chi connectivity index (χ3n) is 19.4. The van der Waals surface area contributed by atoms with Crippen LogP contribution in [0.5, 0.6) is 0 Å². The van der Waals surface area contributed by atoms with Gasteiger partial charge in [0.25, 0.3) is 0 Å². The van der Waals surface area contributed by atoms with Gasteiger partial charge >= 0.3 is 7.82 Å². The molecule has 9 heteroatoms. The van der Waals surface area contributed by atoms with E-state index < -0.39 is 20.0 Å². The van der Waals surface area contributed by atoms with E-state index in [9.17, 15) is 19.4 Å². The summed E-state index contributed by atoms with van der Waals surface area (Å²) in [6.45, 7) is 4.98. The maximum absolute atomic E-state index is 13.1. The first kappa shape index (κ1) is 87.5. The van der Waals surface area contributed by atoms with Gasteiger partial charge in [-0.1, -0.05) is 431 Å². The number of nitrogens with zero attached hydrogens (tertiary/aromatic N) is 1. The number of quaternary nitrogens is 1. The van der Waals surface area contributed by atoms with E-state index in [0.29, 0.717) is 23.9 Å². The summed E-state index contributed by atoms with van der Waals surface area (Å²) in [5.41, 5.74) is 0. The van der Waals surface area contributed by atoms with Crippen LogP contribution in [0.2, 0.25) is 0 Å². The lowest BCUT2D eigenvalue weighted by Crippen LogP contribution is -2.46. The van der Waals surface area contributed by atoms with Gasteiger partial charge in [0, 0.05) is 6.42 Å². The second-order valence-corrected chi connectivity index (χ2v) is 31.0. The molecule has 0 spiro atoms. The quantitative estimate of drug-likeness (QED) is 0.0318. The molecule has 0 aromatic carbocycles. The van der Waals surface area contributed by atoms with Crippen molar-refractivity contribution in [2.75, 3.05) is 40.9 Å². The predicted octanol–water partition coefficient (Wildman–Crippen LogP) is 26.2. The molecule has 528 valence electrons. The maximum Gasteiger partial charge on any atom is 0.472 e. The Balaban J connectivity index is 3.86. The topological polar surface area (TPSA) is 105 Å². The minimum atomic E-state index is -4.33. The second-order valence-electron chi connectivity index (χ2n) is 29.5. The van der Waals surface area contributed by atoms with E-state index in [-0.39, 0.29) is 19.1 Å². The minimum absolute atomic E-state index is 0.0796. The molecule has 0 radical (unpaired) electrons. The monoisotopic (exact) mass is 1270 g/mol. The summed E-state index contributed by atoms with van der Waals surface area (Å²) in [5.74, 6) is -0.131. The number of phosphoric ester groups is 1. The number of unbranched alkanes of at least 4 members (excludes halogenated alkanes) is 64. The van der Waals surface area contributed by atoms with Gasteiger partial charge in [-0.25, -0.2) is 4.57 Å². The van der Waals surface area contributed by atoms with Crippen LogP contribution in [0.15, 0.2) is 0 Å². The Morgan fingerprint density at radius 2 is 0.545 bits per heavy atom. The molecule has 88 heavy (non-hydrogen) atoms. The van der Waals surface area contributed by atoms with Gasteiger partial charge in [0.2, 0.25) is 5.91 Å². The van der Waals surface area contributed by atoms with Crippen molar-refractivity contribution in [1.29, 1.82) is 0 Å². The number of amides is 1. The summed E-state index contributed by atoms with van der Waals surface area (Å²) in [5, 5.41) is 14.2. The third-order valence-corrected chi connectivity index (χ3v) is 20.3. The van der Waals surface area contributed by atoms with Gasteiger partial charge in [0.05, 0.1) is 39.9 Å². The Morgan fingerprint density at radius 1 is 0.341 bits per heavy atom. The second kappa shape index (κ2) is 70.8. The number of phosphoric acid groups is 1. The maximum atomic E-state index is 13.1. The van der Waals surface area contributed by atoms with Crippen molar-refractivity contribution < 1.29 is 32.9 Å². The molecule has 0 bridgehead atoms. The van der Waals surface area contributed by atoms with Crippen molar-refractivity contribution in [3.8, 4) is 0 Å². The normalized spacial score (nSPS) is 13.4. The van der Waals surface area contributed by atoms with E-state index in [1.807, 2.05) is 21.1 Å². The number of nitrogens with one attached hydrogen (secondary N) is 1. The first-order valence-corrected chi connectivity index (χ1v) is 41.9. The van der Waals surface area contributed by atoms with Crippen LogP contribution in [-0.2, 0) is 18.4 Å². The van der Waals surface area contributed by atoms with E-state index >= 15 is 0 Å². The van der Waals surface area contributed by atoms with Crippen LogP contribution in [0.4, 0.5) is 0 Å². The number of aliphatic hydroxyl groups is 1. The van der Waals surface area contributed by atoms with Gasteiger partial charge in [-0.15, -0.1) is 0 Å². The Bertz CT molecular complexity index is 1390. The number of rotatable bonds is 77. The van der Waals surface area contributed by atoms with Crippen LogP contribution in [0.25, 0.3) is 0 Å². The largest absolute Gasteiger partial charge is 0.472 e. The van der Waals surface area contributed by atoms with Crippen LogP contribution in [0.3, 0.4) is 0 Å². The summed E-state index contributed by atoms with van der Waals surface area (Å²) in [6.07, 6.45) is 91.2. The van der Waals surface area contributed by atoms with E-state index in [1.54, 1.807) is 0 Å². The number of aliphatic hydroxyl groups excluding tert-OH is 1. The molecule has 8 nitrogen and oxygen atoms in total. The fraction of sp³-hybridized carbons (Fsp3) is 0.987. The van der Waals surface area contributed by atoms with Crippen LogP contribution in [0, 0.1) is 0 Å². The van der Waals surface area contributed by atoms with Gasteiger partial charge in [-0.05, 0) is 12.8 Å². The van der Waals surface area contributed by atoms with Crippen molar-refractivity contribution in [1.82, 2.24) is 5.32 Å². The van der Waals surface area contributed by atoms with Crippen molar-refractivity contribution in [2.45, 2.75) is 463 Å². The molecule has 3 N–H and O–H groups in total. The smallest absolute Gasteiger partial charge is 0.391 e. The fourth-order valence-corrected chi connectivity index (χ4v) is 13.9. The average molecular weight is 1270 g/mol. The highest BCUT2D eigenvalue weighted by atomic mass is 31.2. The van der Waals surface area contributed by atoms with Crippen LogP contribution in [-0.4, -0.2) is 73.4 Å². The SMILES string of the molecule is CCCCCCCCCCCCCCCCCCCCCCCCCCCCCCCCCCCCCCCCCC(=O)NC(COP(=O)(O)OCC[N+](C)(C)C)C(O)CCCCCCCCCCCCCCCCCCCCCCCCCCCCC. The molecule has 0 aliphatic rings. The number of likely N-dealkylation sites (N-methyl/N-ethyl adjacent to an activating group) is 1. The summed E-state index contributed by atoms with van der Waals surface area (Å²) >= 11 is 0. The number of carbonyl (C=O) groups is 1. The summed E-state index contributed by atoms with van der Waals surface area (Å²) in [7, 11) is 1.65. The molecule has 0 aliphatic heterocycles. The Hall–Kier alpha value is -0.500. The van der Waals surface area contributed by atoms with Crippen molar-refractivity contribution >= 4 is 13.7 Å². The molecular weight excluding hydrogens is 1100 g/mol. The molecule has 0 saturated heterocycles. The first-order valence-electron chi connectivity index (χ1n) is 40.4. The molecule has 3 atom stereocenters. The van der Waals surface area contributed by atoms with Crippen molar-refractivity contribution in [2.24, 2.45) is 0 Å². The summed E-state index contributed by atoms with van der Waals surface area (Å²) in [6, 6.07) is -0.758. The fourth-order valence-electron chi connectivity index (χ4n) is 13.1. The van der Waals surface area contributed by atoms with Gasteiger partial charge in [0.1, 0.15) is 13.2 Å². The molecule has 0 fully saturated rings. The standard InChI is InChI=1S/C79H161N2O6P/c1-6-8-10-12-14-16-18-20-22-24-26-28-30-32-34-35-36-37-38-39-40-41-42-43-44-45-47-49-51-53-55-57-59-61-63-65-67-69-71-73-79(83)80-77(76-87-88(84,85)86-75-74-81(3,4)5)78(82)72-70-68-66-64-62-60-58-56-54-52-50-48-46-33-31-29-27-25-23-21-19-17-15-13-11-9-7-2/h77-78,82H,6-76H2,1-5H3,(H-,80,83,84,85)/p+1. The van der Waals surface area contributed by atoms with Crippen LogP contribution >= 0.6 is 7.82 Å². The molecule has 0 rings (SSSR count). The predicted molar refractivity (Wildman–Crippen MR) is 388 cm³/mol. The Morgan fingerprint density at radius 3 is 0.761 bits per heavy atom. The van der Waals surface area contributed by atoms with Gasteiger partial charge in [-0.3, -0.25) is 13.8 Å². The van der Waals surface area contributed by atoms with E-state index in [4.69, 9.17) is 9.05 Å². The summed E-state index contributed by atoms with van der Waals surface area (Å²) < 4.78 is 24.0. The lowest BCUT2D eigenvalue weighted by Gasteiger charge is -2.26. The highest BCUT2D eigenvalue weighted by molar-refractivity contribution is 7.47. The highest BCUT2D eigenvalue weighted by Crippen LogP contribution is 2.43. The molecule has 1 amide bonds. The molecule has 3 unspecified atom stereocenters. The molecule has 0 aromatic heterocycles. The molecule has 0 aromatic rings. The summed E-state index contributed by atoms with van der Waals surface area (Å²) in [4.78, 5) is 23.5. The van der Waals surface area contributed by atoms with Gasteiger partial charge in [0.15, 0.2) is 0 Å².